The van der Waals surface area contributed by atoms with Crippen LogP contribution in [0.25, 0.3) is 0 Å². The van der Waals surface area contributed by atoms with E-state index >= 15 is 0 Å². The molecule has 2 aliphatic carbocycles. The van der Waals surface area contributed by atoms with Gasteiger partial charge in [-0.1, -0.05) is 13.8 Å². The maximum absolute atomic E-state index is 14.0. The molecule has 17 heteroatoms. The van der Waals surface area contributed by atoms with Crippen molar-refractivity contribution in [2.45, 2.75) is 80.7 Å². The van der Waals surface area contributed by atoms with Gasteiger partial charge >= 0.3 is 47.9 Å². The van der Waals surface area contributed by atoms with Crippen molar-refractivity contribution >= 4 is 0 Å². The van der Waals surface area contributed by atoms with Gasteiger partial charge in [0.25, 0.3) is 0 Å². The van der Waals surface area contributed by atoms with E-state index in [1.54, 1.807) is 13.8 Å². The van der Waals surface area contributed by atoms with Crippen LogP contribution in [0.1, 0.15) is 26.7 Å². The molecule has 0 aromatic heterocycles. The van der Waals surface area contributed by atoms with E-state index in [1.807, 2.05) is 0 Å². The van der Waals surface area contributed by atoms with Gasteiger partial charge in [-0.25, -0.2) is 8.78 Å². The smallest absolute Gasteiger partial charge is 0.371 e. The van der Waals surface area contributed by atoms with E-state index < -0.39 is 66.5 Å². The first-order chi connectivity index (χ1) is 15.3. The zero-order valence-corrected chi connectivity index (χ0v) is 17.5. The molecule has 1 nitrogen and oxygen atoms in total. The molecule has 5 atom stereocenters. The second-order valence-electron chi connectivity index (χ2n) is 8.96. The van der Waals surface area contributed by atoms with Crippen LogP contribution in [-0.2, 0) is 4.74 Å². The lowest BCUT2D eigenvalue weighted by Crippen LogP contribution is -2.74. The lowest BCUT2D eigenvalue weighted by atomic mass is 9.80. The summed E-state index contributed by atoms with van der Waals surface area (Å²) in [5.41, 5.74) is 0. The average Bonchev–Trinajstić information content (AvgIpc) is 3.24. The summed E-state index contributed by atoms with van der Waals surface area (Å²) in [5, 5.41) is 0. The standard InChI is InChI=1S/C18H18F16O/c1-6-7(2)9-3-8(6)4-10(9)35-5-12(21,22)14(25,26)16(29,30)18(33,34)17(31,32)15(27,28)13(23,24)11(19)20/h6-11H,3-5H2,1-2H3. The van der Waals surface area contributed by atoms with Crippen LogP contribution < -0.4 is 0 Å². The molecule has 0 N–H and O–H groups in total. The minimum atomic E-state index is -8.37. The van der Waals surface area contributed by atoms with Gasteiger partial charge in [0.15, 0.2) is 0 Å². The van der Waals surface area contributed by atoms with Gasteiger partial charge in [-0.3, -0.25) is 0 Å². The summed E-state index contributed by atoms with van der Waals surface area (Å²) in [4.78, 5) is 0. The van der Waals surface area contributed by atoms with Crippen LogP contribution in [0.5, 0.6) is 0 Å². The maximum atomic E-state index is 14.0. The molecule has 2 fully saturated rings. The summed E-state index contributed by atoms with van der Waals surface area (Å²) in [6, 6.07) is 0. The van der Waals surface area contributed by atoms with Gasteiger partial charge in [-0.15, -0.1) is 0 Å². The van der Waals surface area contributed by atoms with Gasteiger partial charge in [0.2, 0.25) is 0 Å². The van der Waals surface area contributed by atoms with Crippen molar-refractivity contribution in [3.63, 3.8) is 0 Å². The van der Waals surface area contributed by atoms with Gasteiger partial charge in [-0.05, 0) is 36.5 Å². The Morgan fingerprint density at radius 1 is 0.629 bits per heavy atom. The van der Waals surface area contributed by atoms with E-state index in [-0.39, 0.29) is 24.2 Å². The second-order valence-corrected chi connectivity index (χ2v) is 8.96. The number of fused-ring (bicyclic) bond motifs is 2. The number of rotatable bonds is 10. The quantitative estimate of drug-likeness (QED) is 0.256. The summed E-state index contributed by atoms with van der Waals surface area (Å²) < 4.78 is 218. The summed E-state index contributed by atoms with van der Waals surface area (Å²) in [6.45, 7) is 0.685. The van der Waals surface area contributed by atoms with E-state index in [0.717, 1.165) is 0 Å². The summed E-state index contributed by atoms with van der Waals surface area (Å²) in [5.74, 6) is -55.1. The van der Waals surface area contributed by atoms with Crippen LogP contribution in [0.15, 0.2) is 0 Å². The first kappa shape index (κ1) is 30.1. The Bertz CT molecular complexity index is 776. The van der Waals surface area contributed by atoms with Crippen LogP contribution in [0.4, 0.5) is 70.2 Å². The van der Waals surface area contributed by atoms with Gasteiger partial charge in [0, 0.05) is 0 Å². The fourth-order valence-corrected chi connectivity index (χ4v) is 4.53. The molecule has 35 heavy (non-hydrogen) atoms. The summed E-state index contributed by atoms with van der Waals surface area (Å²) in [6.07, 6.45) is -6.70. The van der Waals surface area contributed by atoms with Crippen LogP contribution >= 0.6 is 0 Å². The van der Waals surface area contributed by atoms with Crippen molar-refractivity contribution in [2.24, 2.45) is 23.7 Å². The highest BCUT2D eigenvalue weighted by atomic mass is 19.4. The van der Waals surface area contributed by atoms with Gasteiger partial charge < -0.3 is 4.74 Å². The van der Waals surface area contributed by atoms with E-state index in [9.17, 15) is 70.2 Å². The lowest BCUT2D eigenvalue weighted by molar-refractivity contribution is -0.448. The predicted octanol–water partition coefficient (Wildman–Crippen LogP) is 7.40. The summed E-state index contributed by atoms with van der Waals surface area (Å²) >= 11 is 0. The molecule has 0 aliphatic heterocycles. The van der Waals surface area contributed by atoms with Crippen molar-refractivity contribution in [1.29, 1.82) is 0 Å². The highest BCUT2D eigenvalue weighted by molar-refractivity contribution is 5.14. The first-order valence-corrected chi connectivity index (χ1v) is 9.87. The zero-order valence-electron chi connectivity index (χ0n) is 17.5. The lowest BCUT2D eigenvalue weighted by Gasteiger charge is -2.42. The monoisotopic (exact) mass is 554 g/mol. The van der Waals surface area contributed by atoms with Crippen LogP contribution in [0, 0.1) is 23.7 Å². The van der Waals surface area contributed by atoms with Crippen LogP contribution in [-0.4, -0.2) is 60.6 Å². The molecule has 0 radical (unpaired) electrons. The fourth-order valence-electron chi connectivity index (χ4n) is 4.53. The topological polar surface area (TPSA) is 9.23 Å². The molecule has 2 bridgehead atoms. The molecule has 2 aliphatic rings. The Labute approximate surface area is 187 Å². The first-order valence-electron chi connectivity index (χ1n) is 9.87. The maximum Gasteiger partial charge on any atom is 0.384 e. The van der Waals surface area contributed by atoms with Crippen molar-refractivity contribution in [1.82, 2.24) is 0 Å². The number of ether oxygens (including phenoxy) is 1. The number of alkyl halides is 16. The van der Waals surface area contributed by atoms with Gasteiger partial charge in [0.1, 0.15) is 6.61 Å². The molecule has 5 unspecified atom stereocenters. The minimum absolute atomic E-state index is 0.00260. The molecule has 2 rings (SSSR count). The molecule has 208 valence electrons. The SMILES string of the molecule is CC1C2CC(OCC(F)(F)C(F)(F)C(F)(F)C(F)(F)C(F)(F)C(F)(F)C(F)(F)C(F)F)C(C2)C1C. The third kappa shape index (κ3) is 3.96. The number of hydrogen-bond donors (Lipinski definition) is 0. The molecule has 0 aromatic carbocycles. The Balaban J connectivity index is 2.33. The largest absolute Gasteiger partial charge is 0.384 e. The molecule has 0 amide bonds. The van der Waals surface area contributed by atoms with E-state index in [0.29, 0.717) is 6.42 Å². The van der Waals surface area contributed by atoms with Crippen LogP contribution in [0.3, 0.4) is 0 Å². The molecule has 0 saturated heterocycles. The second kappa shape index (κ2) is 8.43. The Morgan fingerprint density at radius 3 is 1.46 bits per heavy atom. The van der Waals surface area contributed by atoms with Gasteiger partial charge in [-0.2, -0.15) is 61.5 Å². The normalized spacial score (nSPS) is 29.4. The highest BCUT2D eigenvalue weighted by Crippen LogP contribution is 2.63. The zero-order chi connectivity index (χ0) is 27.8. The summed E-state index contributed by atoms with van der Waals surface area (Å²) in [7, 11) is 0. The van der Waals surface area contributed by atoms with Crippen molar-refractivity contribution in [2.75, 3.05) is 6.61 Å². The van der Waals surface area contributed by atoms with E-state index in [4.69, 9.17) is 0 Å². The Morgan fingerprint density at radius 2 is 1.06 bits per heavy atom. The van der Waals surface area contributed by atoms with E-state index in [2.05, 4.69) is 4.74 Å². The third-order valence-corrected chi connectivity index (χ3v) is 7.04. The molecule has 0 aromatic rings. The number of halogens is 16. The molecular weight excluding hydrogens is 536 g/mol. The van der Waals surface area contributed by atoms with Crippen LogP contribution in [0.2, 0.25) is 0 Å². The highest BCUT2D eigenvalue weighted by Gasteiger charge is 2.93. The molecule has 0 spiro atoms. The molecule has 2 saturated carbocycles. The van der Waals surface area contributed by atoms with E-state index in [1.165, 1.54) is 0 Å². The predicted molar refractivity (Wildman–Crippen MR) is 84.9 cm³/mol. The minimum Gasteiger partial charge on any atom is -0.371 e. The Kier molecular flexibility index (Phi) is 7.24. The van der Waals surface area contributed by atoms with Crippen molar-refractivity contribution in [3.8, 4) is 0 Å². The molecular formula is C18H18F16O. The Hall–Kier alpha value is -1.16. The van der Waals surface area contributed by atoms with Crippen molar-refractivity contribution in [3.05, 3.63) is 0 Å². The average molecular weight is 554 g/mol. The third-order valence-electron chi connectivity index (χ3n) is 7.04. The molecule has 0 heterocycles. The number of hydrogen-bond acceptors (Lipinski definition) is 1. The van der Waals surface area contributed by atoms with Gasteiger partial charge in [0.05, 0.1) is 6.10 Å². The fraction of sp³-hybridized carbons (Fsp3) is 1.00. The van der Waals surface area contributed by atoms with Crippen molar-refractivity contribution < 1.29 is 75.0 Å².